The highest BCUT2D eigenvalue weighted by molar-refractivity contribution is 9.10. The molecule has 0 N–H and O–H groups in total. The number of ether oxygens (including phenoxy) is 4. The third-order valence-corrected chi connectivity index (χ3v) is 4.53. The van der Waals surface area contributed by atoms with Crippen LogP contribution in [-0.4, -0.2) is 37.5 Å². The van der Waals surface area contributed by atoms with E-state index in [1.807, 2.05) is 0 Å². The summed E-state index contributed by atoms with van der Waals surface area (Å²) in [5, 5.41) is 8.11. The molecule has 2 aromatic carbocycles. The minimum Gasteiger partial charge on any atom is -0.497 e. The maximum atomic E-state index is 12.3. The van der Waals surface area contributed by atoms with E-state index >= 15 is 0 Å². The van der Waals surface area contributed by atoms with Crippen molar-refractivity contribution in [3.05, 3.63) is 58.6 Å². The number of aromatic nitrogens is 2. The smallest absolute Gasteiger partial charge is 0.344 e. The molecule has 144 valence electrons. The van der Waals surface area contributed by atoms with Crippen LogP contribution in [0.2, 0.25) is 0 Å². The summed E-state index contributed by atoms with van der Waals surface area (Å²) in [5.74, 6) is 1.45. The Hall–Kier alpha value is -3.13. The van der Waals surface area contributed by atoms with Crippen LogP contribution in [0.4, 0.5) is 0 Å². The van der Waals surface area contributed by atoms with E-state index in [1.165, 1.54) is 0 Å². The van der Waals surface area contributed by atoms with Crippen LogP contribution in [0.15, 0.2) is 53.0 Å². The number of hydrogen-bond acceptors (Lipinski definition) is 7. The van der Waals surface area contributed by atoms with Gasteiger partial charge in [0.2, 0.25) is 5.88 Å². The summed E-state index contributed by atoms with van der Waals surface area (Å²) >= 11 is 3.34. The first-order valence-electron chi connectivity index (χ1n) is 8.17. The van der Waals surface area contributed by atoms with Crippen LogP contribution in [0.3, 0.4) is 0 Å². The second-order valence-corrected chi connectivity index (χ2v) is 6.42. The molecule has 3 aromatic rings. The molecule has 0 bridgehead atoms. The Morgan fingerprint density at radius 2 is 1.61 bits per heavy atom. The van der Waals surface area contributed by atoms with Crippen molar-refractivity contribution in [1.29, 1.82) is 0 Å². The Labute approximate surface area is 170 Å². The molecule has 0 aliphatic carbocycles. The third kappa shape index (κ3) is 4.23. The highest BCUT2D eigenvalue weighted by atomic mass is 79.9. The fourth-order valence-corrected chi connectivity index (χ4v) is 3.02. The van der Waals surface area contributed by atoms with Gasteiger partial charge in [-0.1, -0.05) is 0 Å². The van der Waals surface area contributed by atoms with Crippen LogP contribution in [-0.2, 0) is 0 Å². The lowest BCUT2D eigenvalue weighted by atomic mass is 10.1. The molecule has 0 atom stereocenters. The lowest BCUT2D eigenvalue weighted by molar-refractivity contribution is 0.0725. The molecule has 0 aliphatic heterocycles. The first-order valence-corrected chi connectivity index (χ1v) is 8.97. The average Bonchev–Trinajstić information content (AvgIpc) is 2.73. The zero-order chi connectivity index (χ0) is 20.1. The van der Waals surface area contributed by atoms with Gasteiger partial charge in [0.1, 0.15) is 17.2 Å². The van der Waals surface area contributed by atoms with Crippen LogP contribution in [0, 0.1) is 0 Å². The van der Waals surface area contributed by atoms with Gasteiger partial charge in [-0.25, -0.2) is 4.79 Å². The molecule has 3 rings (SSSR count). The van der Waals surface area contributed by atoms with Gasteiger partial charge in [0.05, 0.1) is 37.1 Å². The molecule has 0 aliphatic rings. The Balaban J connectivity index is 1.80. The van der Waals surface area contributed by atoms with Gasteiger partial charge in [0.15, 0.2) is 0 Å². The van der Waals surface area contributed by atoms with E-state index in [9.17, 15) is 4.79 Å². The minimum absolute atomic E-state index is 0.0857. The van der Waals surface area contributed by atoms with Crippen molar-refractivity contribution in [2.45, 2.75) is 0 Å². The van der Waals surface area contributed by atoms with Gasteiger partial charge in [-0.05, 0) is 58.4 Å². The van der Waals surface area contributed by atoms with Crippen molar-refractivity contribution in [3.8, 4) is 34.4 Å². The van der Waals surface area contributed by atoms with Crippen LogP contribution in [0.1, 0.15) is 10.4 Å². The molecule has 0 saturated carbocycles. The maximum absolute atomic E-state index is 12.3. The van der Waals surface area contributed by atoms with Crippen LogP contribution in [0.25, 0.3) is 11.3 Å². The quantitative estimate of drug-likeness (QED) is 0.528. The zero-order valence-corrected chi connectivity index (χ0v) is 17.0. The molecule has 0 fully saturated rings. The number of nitrogens with zero attached hydrogens (tertiary/aromatic N) is 2. The molecule has 1 aromatic heterocycles. The Bertz CT molecular complexity index is 992. The Morgan fingerprint density at radius 1 is 0.857 bits per heavy atom. The molecule has 0 radical (unpaired) electrons. The molecule has 7 nitrogen and oxygen atoms in total. The summed E-state index contributed by atoms with van der Waals surface area (Å²) < 4.78 is 21.7. The zero-order valence-electron chi connectivity index (χ0n) is 15.4. The molecular weight excluding hydrogens is 428 g/mol. The first-order chi connectivity index (χ1) is 13.5. The van der Waals surface area contributed by atoms with Crippen molar-refractivity contribution >= 4 is 21.9 Å². The van der Waals surface area contributed by atoms with Gasteiger partial charge < -0.3 is 18.9 Å². The van der Waals surface area contributed by atoms with E-state index in [2.05, 4.69) is 26.1 Å². The van der Waals surface area contributed by atoms with E-state index in [4.69, 9.17) is 18.9 Å². The fraction of sp³-hybridized carbons (Fsp3) is 0.150. The van der Waals surface area contributed by atoms with Crippen LogP contribution >= 0.6 is 15.9 Å². The molecule has 0 unspecified atom stereocenters. The van der Waals surface area contributed by atoms with Gasteiger partial charge in [0.25, 0.3) is 0 Å². The highest BCUT2D eigenvalue weighted by Crippen LogP contribution is 2.32. The topological polar surface area (TPSA) is 79.8 Å². The Kier molecular flexibility index (Phi) is 6.10. The standard InChI is InChI=1S/C20H17BrN2O5/c1-25-13-5-8-17(26-2)14(11-13)16-6-9-19(23-22-16)28-20(24)12-4-7-18(27-3)15(21)10-12/h4-11H,1-3H3. The number of hydrogen-bond donors (Lipinski definition) is 0. The van der Waals surface area contributed by atoms with Crippen molar-refractivity contribution in [3.63, 3.8) is 0 Å². The molecule has 0 amide bonds. The van der Waals surface area contributed by atoms with Gasteiger partial charge in [0, 0.05) is 11.6 Å². The van der Waals surface area contributed by atoms with E-state index in [0.717, 1.165) is 0 Å². The van der Waals surface area contributed by atoms with Gasteiger partial charge in [-0.15, -0.1) is 10.2 Å². The van der Waals surface area contributed by atoms with Crippen molar-refractivity contribution in [2.24, 2.45) is 0 Å². The van der Waals surface area contributed by atoms with Gasteiger partial charge in [-0.2, -0.15) is 0 Å². The molecular formula is C20H17BrN2O5. The lowest BCUT2D eigenvalue weighted by Crippen LogP contribution is -2.10. The van der Waals surface area contributed by atoms with Gasteiger partial charge in [-0.3, -0.25) is 0 Å². The predicted molar refractivity (Wildman–Crippen MR) is 106 cm³/mol. The van der Waals surface area contributed by atoms with Crippen molar-refractivity contribution < 1.29 is 23.7 Å². The number of carbonyl (C=O) groups is 1. The molecule has 0 spiro atoms. The fourth-order valence-electron chi connectivity index (χ4n) is 2.48. The van der Waals surface area contributed by atoms with E-state index in [-0.39, 0.29) is 5.88 Å². The summed E-state index contributed by atoms with van der Waals surface area (Å²) in [4.78, 5) is 12.3. The molecule has 0 saturated heterocycles. The number of carbonyl (C=O) groups excluding carboxylic acids is 1. The number of rotatable bonds is 6. The number of esters is 1. The summed E-state index contributed by atoms with van der Waals surface area (Å²) in [6.45, 7) is 0. The second kappa shape index (κ2) is 8.71. The van der Waals surface area contributed by atoms with E-state index in [0.29, 0.717) is 38.5 Å². The largest absolute Gasteiger partial charge is 0.497 e. The monoisotopic (exact) mass is 444 g/mol. The van der Waals surface area contributed by atoms with Gasteiger partial charge >= 0.3 is 5.97 Å². The average molecular weight is 445 g/mol. The molecule has 8 heteroatoms. The van der Waals surface area contributed by atoms with Crippen LogP contribution in [0.5, 0.6) is 23.1 Å². The maximum Gasteiger partial charge on any atom is 0.344 e. The molecule has 1 heterocycles. The predicted octanol–water partition coefficient (Wildman–Crippen LogP) is 4.15. The SMILES string of the molecule is COc1ccc(OC)c(-c2ccc(OC(=O)c3ccc(OC)c(Br)c3)nn2)c1. The van der Waals surface area contributed by atoms with E-state index in [1.54, 1.807) is 69.9 Å². The lowest BCUT2D eigenvalue weighted by Gasteiger charge is -2.10. The van der Waals surface area contributed by atoms with Crippen LogP contribution < -0.4 is 18.9 Å². The number of halogens is 1. The first kappa shape index (κ1) is 19.6. The normalized spacial score (nSPS) is 10.3. The van der Waals surface area contributed by atoms with Crippen molar-refractivity contribution in [1.82, 2.24) is 10.2 Å². The Morgan fingerprint density at radius 3 is 2.21 bits per heavy atom. The second-order valence-electron chi connectivity index (χ2n) is 5.56. The minimum atomic E-state index is -0.552. The third-order valence-electron chi connectivity index (χ3n) is 3.91. The highest BCUT2D eigenvalue weighted by Gasteiger charge is 2.14. The summed E-state index contributed by atoms with van der Waals surface area (Å²) in [5.41, 5.74) is 1.63. The van der Waals surface area contributed by atoms with E-state index < -0.39 is 5.97 Å². The summed E-state index contributed by atoms with van der Waals surface area (Å²) in [6.07, 6.45) is 0. The summed E-state index contributed by atoms with van der Waals surface area (Å²) in [6, 6.07) is 13.5. The summed E-state index contributed by atoms with van der Waals surface area (Å²) in [7, 11) is 4.70. The number of benzene rings is 2. The molecule has 28 heavy (non-hydrogen) atoms. The number of methoxy groups -OCH3 is 3. The van der Waals surface area contributed by atoms with Crippen molar-refractivity contribution in [2.75, 3.05) is 21.3 Å².